The van der Waals surface area contributed by atoms with Gasteiger partial charge in [-0.2, -0.15) is 0 Å². The molecule has 158 valence electrons. The first-order chi connectivity index (χ1) is 15.0. The molecule has 31 heavy (non-hydrogen) atoms. The minimum Gasteiger partial charge on any atom is -0.326 e. The molecule has 2 saturated carbocycles. The highest BCUT2D eigenvalue weighted by molar-refractivity contribution is 6.05. The van der Waals surface area contributed by atoms with Crippen LogP contribution in [-0.2, 0) is 4.79 Å². The molecule has 2 amide bonds. The van der Waals surface area contributed by atoms with Gasteiger partial charge in [0.1, 0.15) is 23.7 Å². The molecule has 2 N–H and O–H groups in total. The number of halogens is 1. The SMILES string of the molecule is Cc1cc(F)c(C(=O)Nc2cccc(-c3nncn3C3CC3)n2)cc1NC(=O)C1CC1. The van der Waals surface area contributed by atoms with Crippen molar-refractivity contribution in [2.24, 2.45) is 5.92 Å². The topological polar surface area (TPSA) is 102 Å². The molecule has 8 nitrogen and oxygen atoms in total. The lowest BCUT2D eigenvalue weighted by atomic mass is 10.1. The first-order valence-electron chi connectivity index (χ1n) is 10.3. The molecule has 2 heterocycles. The van der Waals surface area contributed by atoms with Crippen molar-refractivity contribution in [2.75, 3.05) is 10.6 Å². The fourth-order valence-corrected chi connectivity index (χ4v) is 3.42. The van der Waals surface area contributed by atoms with Crippen molar-refractivity contribution in [3.63, 3.8) is 0 Å². The van der Waals surface area contributed by atoms with Crippen LogP contribution in [0.5, 0.6) is 0 Å². The number of aromatic nitrogens is 4. The smallest absolute Gasteiger partial charge is 0.259 e. The summed E-state index contributed by atoms with van der Waals surface area (Å²) in [6.45, 7) is 1.69. The molecule has 2 fully saturated rings. The van der Waals surface area contributed by atoms with Gasteiger partial charge in [-0.05, 0) is 62.4 Å². The van der Waals surface area contributed by atoms with E-state index in [-0.39, 0.29) is 23.2 Å². The Balaban J connectivity index is 1.37. The molecule has 9 heteroatoms. The van der Waals surface area contributed by atoms with Crippen molar-refractivity contribution in [2.45, 2.75) is 38.6 Å². The Hall–Kier alpha value is -3.62. The van der Waals surface area contributed by atoms with Crippen molar-refractivity contribution in [3.8, 4) is 11.5 Å². The van der Waals surface area contributed by atoms with Crippen LogP contribution in [0.3, 0.4) is 0 Å². The van der Waals surface area contributed by atoms with Crippen LogP contribution in [0.25, 0.3) is 11.5 Å². The summed E-state index contributed by atoms with van der Waals surface area (Å²) in [7, 11) is 0. The summed E-state index contributed by atoms with van der Waals surface area (Å²) in [6.07, 6.45) is 5.55. The summed E-state index contributed by atoms with van der Waals surface area (Å²) in [6, 6.07) is 8.16. The van der Waals surface area contributed by atoms with Crippen LogP contribution >= 0.6 is 0 Å². The summed E-state index contributed by atoms with van der Waals surface area (Å²) in [5.74, 6) is -0.500. The van der Waals surface area contributed by atoms with Crippen LogP contribution in [0.1, 0.15) is 47.6 Å². The average molecular weight is 420 g/mol. The molecule has 0 bridgehead atoms. The molecule has 0 spiro atoms. The Kier molecular flexibility index (Phi) is 4.72. The zero-order chi connectivity index (χ0) is 21.5. The highest BCUT2D eigenvalue weighted by Gasteiger charge is 2.30. The fourth-order valence-electron chi connectivity index (χ4n) is 3.42. The van der Waals surface area contributed by atoms with E-state index in [2.05, 4.69) is 25.8 Å². The lowest BCUT2D eigenvalue weighted by molar-refractivity contribution is -0.117. The summed E-state index contributed by atoms with van der Waals surface area (Å²) in [5.41, 5.74) is 1.40. The number of carbonyl (C=O) groups is 2. The Morgan fingerprint density at radius 1 is 1.13 bits per heavy atom. The van der Waals surface area contributed by atoms with Crippen LogP contribution in [-0.4, -0.2) is 31.6 Å². The van der Waals surface area contributed by atoms with Gasteiger partial charge in [0.2, 0.25) is 5.91 Å². The number of aryl methyl sites for hydroxylation is 1. The summed E-state index contributed by atoms with van der Waals surface area (Å²) >= 11 is 0. The number of rotatable bonds is 6. The van der Waals surface area contributed by atoms with Crippen LogP contribution in [0.2, 0.25) is 0 Å². The summed E-state index contributed by atoms with van der Waals surface area (Å²) in [5, 5.41) is 13.5. The van der Waals surface area contributed by atoms with E-state index in [1.807, 2.05) is 4.57 Å². The third-order valence-corrected chi connectivity index (χ3v) is 5.50. The maximum Gasteiger partial charge on any atom is 0.259 e. The molecule has 5 rings (SSSR count). The zero-order valence-electron chi connectivity index (χ0n) is 16.9. The Morgan fingerprint density at radius 2 is 1.94 bits per heavy atom. The van der Waals surface area contributed by atoms with Gasteiger partial charge < -0.3 is 15.2 Å². The third kappa shape index (κ3) is 4.03. The molecule has 0 saturated heterocycles. The first kappa shape index (κ1) is 19.3. The number of hydrogen-bond donors (Lipinski definition) is 2. The van der Waals surface area contributed by atoms with Gasteiger partial charge >= 0.3 is 0 Å². The number of amides is 2. The third-order valence-electron chi connectivity index (χ3n) is 5.50. The minimum atomic E-state index is -0.663. The number of nitrogens with one attached hydrogen (secondary N) is 2. The van der Waals surface area contributed by atoms with E-state index in [0.717, 1.165) is 25.7 Å². The molecule has 0 aliphatic heterocycles. The molecule has 0 unspecified atom stereocenters. The fraction of sp³-hybridized carbons (Fsp3) is 0.318. The monoisotopic (exact) mass is 420 g/mol. The molecule has 1 aromatic carbocycles. The van der Waals surface area contributed by atoms with E-state index in [0.29, 0.717) is 28.8 Å². The number of benzene rings is 1. The highest BCUT2D eigenvalue weighted by Crippen LogP contribution is 2.37. The maximum absolute atomic E-state index is 14.5. The van der Waals surface area contributed by atoms with E-state index >= 15 is 0 Å². The maximum atomic E-state index is 14.5. The molecule has 3 aromatic rings. The molecule has 2 aliphatic rings. The number of hydrogen-bond acceptors (Lipinski definition) is 5. The van der Waals surface area contributed by atoms with E-state index in [9.17, 15) is 14.0 Å². The van der Waals surface area contributed by atoms with Crippen molar-refractivity contribution in [1.29, 1.82) is 0 Å². The number of carbonyl (C=O) groups excluding carboxylic acids is 2. The van der Waals surface area contributed by atoms with Gasteiger partial charge in [-0.1, -0.05) is 6.07 Å². The van der Waals surface area contributed by atoms with Crippen LogP contribution in [0.15, 0.2) is 36.7 Å². The molecule has 2 aliphatic carbocycles. The largest absolute Gasteiger partial charge is 0.326 e. The minimum absolute atomic E-state index is 0.00588. The normalized spacial score (nSPS) is 15.5. The lowest BCUT2D eigenvalue weighted by Crippen LogP contribution is -2.18. The second-order valence-corrected chi connectivity index (χ2v) is 8.07. The van der Waals surface area contributed by atoms with E-state index in [1.54, 1.807) is 31.5 Å². The van der Waals surface area contributed by atoms with Crippen LogP contribution in [0.4, 0.5) is 15.9 Å². The quantitative estimate of drug-likeness (QED) is 0.633. The summed E-state index contributed by atoms with van der Waals surface area (Å²) < 4.78 is 16.5. The molecular formula is C22H21FN6O2. The van der Waals surface area contributed by atoms with Crippen molar-refractivity contribution in [3.05, 3.63) is 53.6 Å². The van der Waals surface area contributed by atoms with E-state index < -0.39 is 11.7 Å². The van der Waals surface area contributed by atoms with Gasteiger partial charge in [0.25, 0.3) is 5.91 Å². The van der Waals surface area contributed by atoms with Gasteiger partial charge in [0, 0.05) is 17.6 Å². The first-order valence-corrected chi connectivity index (χ1v) is 10.3. The Morgan fingerprint density at radius 3 is 2.68 bits per heavy atom. The predicted octanol–water partition coefficient (Wildman–Crippen LogP) is 3.72. The molecule has 0 atom stereocenters. The van der Waals surface area contributed by atoms with Crippen molar-refractivity contribution in [1.82, 2.24) is 19.7 Å². The number of nitrogens with zero attached hydrogens (tertiary/aromatic N) is 4. The van der Waals surface area contributed by atoms with Crippen LogP contribution < -0.4 is 10.6 Å². The van der Waals surface area contributed by atoms with E-state index in [1.165, 1.54) is 12.1 Å². The van der Waals surface area contributed by atoms with Gasteiger partial charge in [-0.15, -0.1) is 10.2 Å². The lowest BCUT2D eigenvalue weighted by Gasteiger charge is -2.12. The summed E-state index contributed by atoms with van der Waals surface area (Å²) in [4.78, 5) is 29.3. The van der Waals surface area contributed by atoms with Gasteiger partial charge in [-0.3, -0.25) is 9.59 Å². The second kappa shape index (κ2) is 7.57. The standard InChI is InChI=1S/C22H21FN6O2/c1-12-9-16(23)15(10-18(12)26-21(30)13-5-6-13)22(31)27-19-4-2-3-17(25-19)20-28-24-11-29(20)14-7-8-14/h2-4,9-11,13-14H,5-8H2,1H3,(H,26,30)(H,25,27,31). The average Bonchev–Trinajstić information content (AvgIpc) is 3.68. The highest BCUT2D eigenvalue weighted by atomic mass is 19.1. The molecule has 0 radical (unpaired) electrons. The van der Waals surface area contributed by atoms with Gasteiger partial charge in [0.15, 0.2) is 5.82 Å². The second-order valence-electron chi connectivity index (χ2n) is 8.07. The Labute approximate surface area is 177 Å². The van der Waals surface area contributed by atoms with E-state index in [4.69, 9.17) is 0 Å². The zero-order valence-corrected chi connectivity index (χ0v) is 16.9. The van der Waals surface area contributed by atoms with Crippen molar-refractivity contribution < 1.29 is 14.0 Å². The van der Waals surface area contributed by atoms with Gasteiger partial charge in [0.05, 0.1) is 5.56 Å². The number of pyridine rings is 1. The van der Waals surface area contributed by atoms with Crippen molar-refractivity contribution >= 4 is 23.3 Å². The van der Waals surface area contributed by atoms with Crippen LogP contribution in [0, 0.1) is 18.7 Å². The molecule has 2 aromatic heterocycles. The van der Waals surface area contributed by atoms with Gasteiger partial charge in [-0.25, -0.2) is 9.37 Å². The molecular weight excluding hydrogens is 399 g/mol. The predicted molar refractivity (Wildman–Crippen MR) is 112 cm³/mol. The Bertz CT molecular complexity index is 1180. The number of anilines is 2.